The van der Waals surface area contributed by atoms with Gasteiger partial charge in [-0.15, -0.1) is 0 Å². The van der Waals surface area contributed by atoms with Gasteiger partial charge in [-0.2, -0.15) is 0 Å². The Morgan fingerprint density at radius 2 is 2.09 bits per heavy atom. The van der Waals surface area contributed by atoms with Crippen molar-refractivity contribution in [2.75, 3.05) is 13.7 Å². The maximum atomic E-state index is 5.12. The summed E-state index contributed by atoms with van der Waals surface area (Å²) in [6, 6.07) is 9.65. The molecule has 0 aliphatic carbocycles. The van der Waals surface area contributed by atoms with E-state index in [4.69, 9.17) is 4.74 Å². The molecule has 0 aliphatic rings. The first-order valence-electron chi connectivity index (χ1n) is 7.23. The molecular formula is C16H21N5O. The Bertz CT molecular complexity index is 600. The SMILES string of the molecule is CCNC(=NCc1ccnc(OC)c1)NCc1ccccn1. The topological polar surface area (TPSA) is 71.4 Å². The zero-order valence-electron chi connectivity index (χ0n) is 12.9. The van der Waals surface area contributed by atoms with Crippen LogP contribution in [0.15, 0.2) is 47.7 Å². The number of nitrogens with zero attached hydrogens (tertiary/aromatic N) is 3. The Morgan fingerprint density at radius 3 is 2.82 bits per heavy atom. The predicted octanol–water partition coefficient (Wildman–Crippen LogP) is 1.74. The summed E-state index contributed by atoms with van der Waals surface area (Å²) in [6.45, 7) is 4.02. The molecule has 6 nitrogen and oxygen atoms in total. The number of aliphatic imine (C=N–C) groups is 1. The number of rotatable bonds is 6. The average Bonchev–Trinajstić information content (AvgIpc) is 2.58. The van der Waals surface area contributed by atoms with Crippen molar-refractivity contribution in [3.05, 3.63) is 54.0 Å². The van der Waals surface area contributed by atoms with E-state index in [9.17, 15) is 0 Å². The number of methoxy groups -OCH3 is 1. The van der Waals surface area contributed by atoms with E-state index in [-0.39, 0.29) is 0 Å². The molecule has 0 atom stereocenters. The van der Waals surface area contributed by atoms with E-state index in [1.807, 2.05) is 37.3 Å². The van der Waals surface area contributed by atoms with Crippen LogP contribution in [0.25, 0.3) is 0 Å². The summed E-state index contributed by atoms with van der Waals surface area (Å²) in [4.78, 5) is 12.9. The van der Waals surface area contributed by atoms with Crippen molar-refractivity contribution in [1.82, 2.24) is 20.6 Å². The first kappa shape index (κ1) is 15.8. The van der Waals surface area contributed by atoms with Crippen LogP contribution in [0.3, 0.4) is 0 Å². The van der Waals surface area contributed by atoms with Crippen LogP contribution in [0.2, 0.25) is 0 Å². The molecule has 0 spiro atoms. The Labute approximate surface area is 130 Å². The summed E-state index contributed by atoms with van der Waals surface area (Å²) in [7, 11) is 1.61. The summed E-state index contributed by atoms with van der Waals surface area (Å²) in [6.07, 6.45) is 3.50. The first-order valence-corrected chi connectivity index (χ1v) is 7.23. The van der Waals surface area contributed by atoms with Crippen LogP contribution in [-0.4, -0.2) is 29.6 Å². The van der Waals surface area contributed by atoms with Crippen molar-refractivity contribution in [3.63, 3.8) is 0 Å². The van der Waals surface area contributed by atoms with Gasteiger partial charge in [0.25, 0.3) is 0 Å². The van der Waals surface area contributed by atoms with Crippen LogP contribution >= 0.6 is 0 Å². The molecule has 22 heavy (non-hydrogen) atoms. The number of hydrogen-bond donors (Lipinski definition) is 2. The van der Waals surface area contributed by atoms with E-state index in [1.165, 1.54) is 0 Å². The molecule has 0 fully saturated rings. The fourth-order valence-corrected chi connectivity index (χ4v) is 1.85. The molecule has 0 bridgehead atoms. The third-order valence-corrected chi connectivity index (χ3v) is 2.94. The zero-order valence-corrected chi connectivity index (χ0v) is 12.9. The highest BCUT2D eigenvalue weighted by Gasteiger charge is 2.00. The fourth-order valence-electron chi connectivity index (χ4n) is 1.85. The number of aromatic nitrogens is 2. The molecule has 2 aromatic heterocycles. The molecule has 116 valence electrons. The van der Waals surface area contributed by atoms with Crippen LogP contribution < -0.4 is 15.4 Å². The fraction of sp³-hybridized carbons (Fsp3) is 0.312. The van der Waals surface area contributed by atoms with E-state index >= 15 is 0 Å². The van der Waals surface area contributed by atoms with Crippen molar-refractivity contribution in [1.29, 1.82) is 0 Å². The Kier molecular flexibility index (Phi) is 6.17. The summed E-state index contributed by atoms with van der Waals surface area (Å²) in [5, 5.41) is 6.48. The second-order valence-corrected chi connectivity index (χ2v) is 4.58. The molecule has 0 saturated heterocycles. The summed E-state index contributed by atoms with van der Waals surface area (Å²) >= 11 is 0. The summed E-state index contributed by atoms with van der Waals surface area (Å²) in [5.41, 5.74) is 2.01. The lowest BCUT2D eigenvalue weighted by molar-refractivity contribution is 0.397. The number of guanidine groups is 1. The molecule has 6 heteroatoms. The van der Waals surface area contributed by atoms with Crippen LogP contribution in [0.1, 0.15) is 18.2 Å². The quantitative estimate of drug-likeness (QED) is 0.628. The van der Waals surface area contributed by atoms with Gasteiger partial charge in [-0.3, -0.25) is 4.98 Å². The maximum Gasteiger partial charge on any atom is 0.213 e. The van der Waals surface area contributed by atoms with Gasteiger partial charge in [0.05, 0.1) is 25.9 Å². The van der Waals surface area contributed by atoms with Crippen molar-refractivity contribution >= 4 is 5.96 Å². The lowest BCUT2D eigenvalue weighted by atomic mass is 10.3. The number of pyridine rings is 2. The van der Waals surface area contributed by atoms with Gasteiger partial charge in [0, 0.05) is 25.0 Å². The van der Waals surface area contributed by atoms with Crippen LogP contribution in [0.5, 0.6) is 5.88 Å². The van der Waals surface area contributed by atoms with E-state index in [1.54, 1.807) is 19.5 Å². The third kappa shape index (κ3) is 5.05. The highest BCUT2D eigenvalue weighted by atomic mass is 16.5. The van der Waals surface area contributed by atoms with Gasteiger partial charge in [0.1, 0.15) is 0 Å². The molecule has 0 aliphatic heterocycles. The Balaban J connectivity index is 1.97. The normalized spacial score (nSPS) is 11.1. The number of nitrogens with one attached hydrogen (secondary N) is 2. The Morgan fingerprint density at radius 1 is 1.18 bits per heavy atom. The van der Waals surface area contributed by atoms with Gasteiger partial charge >= 0.3 is 0 Å². The van der Waals surface area contributed by atoms with Crippen LogP contribution in [0, 0.1) is 0 Å². The number of hydrogen-bond acceptors (Lipinski definition) is 4. The molecule has 2 heterocycles. The van der Waals surface area contributed by atoms with Gasteiger partial charge in [0.15, 0.2) is 5.96 Å². The molecule has 0 radical (unpaired) electrons. The molecule has 2 N–H and O–H groups in total. The van der Waals surface area contributed by atoms with Gasteiger partial charge < -0.3 is 15.4 Å². The van der Waals surface area contributed by atoms with Crippen molar-refractivity contribution in [3.8, 4) is 5.88 Å². The van der Waals surface area contributed by atoms with Crippen LogP contribution in [0.4, 0.5) is 0 Å². The zero-order chi connectivity index (χ0) is 15.6. The lowest BCUT2D eigenvalue weighted by Gasteiger charge is -2.11. The van der Waals surface area contributed by atoms with E-state index < -0.39 is 0 Å². The summed E-state index contributed by atoms with van der Waals surface area (Å²) < 4.78 is 5.12. The Hall–Kier alpha value is -2.63. The minimum absolute atomic E-state index is 0.552. The van der Waals surface area contributed by atoms with E-state index in [2.05, 4.69) is 25.6 Å². The minimum atomic E-state index is 0.552. The number of ether oxygens (including phenoxy) is 1. The van der Waals surface area contributed by atoms with Gasteiger partial charge in [-0.05, 0) is 30.7 Å². The second-order valence-electron chi connectivity index (χ2n) is 4.58. The lowest BCUT2D eigenvalue weighted by Crippen LogP contribution is -2.37. The smallest absolute Gasteiger partial charge is 0.213 e. The molecule has 2 rings (SSSR count). The second kappa shape index (κ2) is 8.61. The van der Waals surface area contributed by atoms with E-state index in [0.29, 0.717) is 19.0 Å². The third-order valence-electron chi connectivity index (χ3n) is 2.94. The first-order chi connectivity index (χ1) is 10.8. The average molecular weight is 299 g/mol. The van der Waals surface area contributed by atoms with Crippen LogP contribution in [-0.2, 0) is 13.1 Å². The highest BCUT2D eigenvalue weighted by Crippen LogP contribution is 2.09. The molecule has 0 saturated carbocycles. The maximum absolute atomic E-state index is 5.12. The molecule has 0 amide bonds. The molecule has 0 unspecified atom stereocenters. The predicted molar refractivity (Wildman–Crippen MR) is 86.7 cm³/mol. The van der Waals surface area contributed by atoms with Gasteiger partial charge in [-0.1, -0.05) is 6.07 Å². The largest absolute Gasteiger partial charge is 0.481 e. The van der Waals surface area contributed by atoms with Crippen molar-refractivity contribution < 1.29 is 4.74 Å². The molecule has 2 aromatic rings. The van der Waals surface area contributed by atoms with Gasteiger partial charge in [0.2, 0.25) is 5.88 Å². The highest BCUT2D eigenvalue weighted by molar-refractivity contribution is 5.79. The molecular weight excluding hydrogens is 278 g/mol. The van der Waals surface area contributed by atoms with Gasteiger partial charge in [-0.25, -0.2) is 9.98 Å². The van der Waals surface area contributed by atoms with E-state index in [0.717, 1.165) is 23.8 Å². The minimum Gasteiger partial charge on any atom is -0.481 e. The molecule has 0 aromatic carbocycles. The van der Waals surface area contributed by atoms with Crippen molar-refractivity contribution in [2.45, 2.75) is 20.0 Å². The van der Waals surface area contributed by atoms with Crippen molar-refractivity contribution in [2.24, 2.45) is 4.99 Å². The summed E-state index contributed by atoms with van der Waals surface area (Å²) in [5.74, 6) is 1.35. The standard InChI is InChI=1S/C16H21N5O/c1-3-17-16(21-12-14-6-4-5-8-18-14)20-11-13-7-9-19-15(10-13)22-2/h4-10H,3,11-12H2,1-2H3,(H2,17,20,21). The monoisotopic (exact) mass is 299 g/mol.